The minimum Gasteiger partial charge on any atom is -0.467 e. The summed E-state index contributed by atoms with van der Waals surface area (Å²) in [5, 5.41) is 3.41. The monoisotopic (exact) mass is 285 g/mol. The van der Waals surface area contributed by atoms with Gasteiger partial charge in [0.15, 0.2) is 0 Å². The van der Waals surface area contributed by atoms with Crippen LogP contribution in [0.5, 0.6) is 0 Å². The van der Waals surface area contributed by atoms with Crippen LogP contribution in [-0.4, -0.2) is 17.6 Å². The summed E-state index contributed by atoms with van der Waals surface area (Å²) in [5.74, 6) is 1.02. The van der Waals surface area contributed by atoms with Crippen LogP contribution in [0.25, 0.3) is 0 Å². The Morgan fingerprint density at radius 2 is 2.29 bits per heavy atom. The minimum atomic E-state index is 0.647. The molecule has 1 fully saturated rings. The molecule has 0 bridgehead atoms. The van der Waals surface area contributed by atoms with E-state index in [1.807, 2.05) is 18.3 Å². The fourth-order valence-corrected chi connectivity index (χ4v) is 2.52. The van der Waals surface area contributed by atoms with E-state index in [1.54, 1.807) is 6.26 Å². The van der Waals surface area contributed by atoms with E-state index in [1.165, 1.54) is 18.5 Å². The summed E-state index contributed by atoms with van der Waals surface area (Å²) in [6, 6.07) is 8.94. The van der Waals surface area contributed by atoms with Crippen LogP contribution in [0.4, 0.5) is 5.69 Å². The van der Waals surface area contributed by atoms with Crippen molar-refractivity contribution in [2.24, 2.45) is 0 Å². The zero-order valence-corrected chi connectivity index (χ0v) is 12.6. The first-order chi connectivity index (χ1) is 10.4. The fourth-order valence-electron chi connectivity index (χ4n) is 2.52. The number of aromatic nitrogens is 1. The van der Waals surface area contributed by atoms with Crippen LogP contribution in [0.1, 0.15) is 37.6 Å². The molecule has 3 rings (SSSR count). The third-order valence-electron chi connectivity index (χ3n) is 3.76. The van der Waals surface area contributed by atoms with Gasteiger partial charge in [-0.2, -0.15) is 0 Å². The highest BCUT2D eigenvalue weighted by Gasteiger charge is 2.30. The van der Waals surface area contributed by atoms with Gasteiger partial charge in [0.2, 0.25) is 0 Å². The molecule has 0 radical (unpaired) electrons. The molecule has 1 aliphatic rings. The average molecular weight is 285 g/mol. The average Bonchev–Trinajstić information content (AvgIpc) is 3.22. The SMILES string of the molecule is CCCNCc1cc(N(Cc2ccco2)C2CC2)ccn1. The van der Waals surface area contributed by atoms with Crippen LogP contribution < -0.4 is 10.2 Å². The molecule has 0 amide bonds. The van der Waals surface area contributed by atoms with Crippen LogP contribution >= 0.6 is 0 Å². The van der Waals surface area contributed by atoms with Crippen LogP contribution in [0.3, 0.4) is 0 Å². The molecule has 0 aliphatic heterocycles. The highest BCUT2D eigenvalue weighted by molar-refractivity contribution is 5.49. The summed E-state index contributed by atoms with van der Waals surface area (Å²) in [4.78, 5) is 6.89. The Bertz CT molecular complexity index is 549. The van der Waals surface area contributed by atoms with Gasteiger partial charge < -0.3 is 14.6 Å². The van der Waals surface area contributed by atoms with E-state index in [9.17, 15) is 0 Å². The van der Waals surface area contributed by atoms with Crippen molar-refractivity contribution >= 4 is 5.69 Å². The maximum atomic E-state index is 5.50. The molecular formula is C17H23N3O. The van der Waals surface area contributed by atoms with E-state index in [0.717, 1.165) is 37.5 Å². The Kier molecular flexibility index (Phi) is 4.55. The van der Waals surface area contributed by atoms with E-state index in [0.29, 0.717) is 6.04 Å². The second kappa shape index (κ2) is 6.76. The lowest BCUT2D eigenvalue weighted by Gasteiger charge is -2.24. The molecule has 0 aromatic carbocycles. The van der Waals surface area contributed by atoms with Crippen molar-refractivity contribution in [1.82, 2.24) is 10.3 Å². The number of pyridine rings is 1. The molecule has 4 nitrogen and oxygen atoms in total. The van der Waals surface area contributed by atoms with E-state index < -0.39 is 0 Å². The molecule has 1 aliphatic carbocycles. The maximum Gasteiger partial charge on any atom is 0.123 e. The van der Waals surface area contributed by atoms with E-state index in [2.05, 4.69) is 34.3 Å². The molecule has 2 aromatic rings. The van der Waals surface area contributed by atoms with Crippen molar-refractivity contribution in [2.75, 3.05) is 11.4 Å². The van der Waals surface area contributed by atoms with E-state index >= 15 is 0 Å². The quantitative estimate of drug-likeness (QED) is 0.755. The molecule has 1 saturated carbocycles. The smallest absolute Gasteiger partial charge is 0.123 e. The first kappa shape index (κ1) is 14.1. The van der Waals surface area contributed by atoms with E-state index in [-0.39, 0.29) is 0 Å². The molecule has 21 heavy (non-hydrogen) atoms. The van der Waals surface area contributed by atoms with Crippen LogP contribution in [0.2, 0.25) is 0 Å². The Morgan fingerprint density at radius 3 is 3.00 bits per heavy atom. The maximum absolute atomic E-state index is 5.50. The molecular weight excluding hydrogens is 262 g/mol. The summed E-state index contributed by atoms with van der Waals surface area (Å²) in [6.45, 7) is 4.88. The third-order valence-corrected chi connectivity index (χ3v) is 3.76. The molecule has 4 heteroatoms. The summed E-state index contributed by atoms with van der Waals surface area (Å²) in [7, 11) is 0. The number of nitrogens with one attached hydrogen (secondary N) is 1. The van der Waals surface area contributed by atoms with Gasteiger partial charge in [0.05, 0.1) is 18.5 Å². The fraction of sp³-hybridized carbons (Fsp3) is 0.471. The normalized spacial score (nSPS) is 14.3. The highest BCUT2D eigenvalue weighted by Crippen LogP contribution is 2.33. The lowest BCUT2D eigenvalue weighted by atomic mass is 10.2. The lowest BCUT2D eigenvalue weighted by molar-refractivity contribution is 0.501. The van der Waals surface area contributed by atoms with Crippen LogP contribution in [0, 0.1) is 0 Å². The molecule has 0 spiro atoms. The van der Waals surface area contributed by atoms with Gasteiger partial charge in [0, 0.05) is 24.5 Å². The van der Waals surface area contributed by atoms with Gasteiger partial charge in [-0.3, -0.25) is 4.98 Å². The van der Waals surface area contributed by atoms with Crippen molar-refractivity contribution in [3.05, 3.63) is 48.2 Å². The van der Waals surface area contributed by atoms with Crippen molar-refractivity contribution < 1.29 is 4.42 Å². The number of rotatable bonds is 8. The Hall–Kier alpha value is -1.81. The molecule has 1 N–H and O–H groups in total. The molecule has 0 unspecified atom stereocenters. The Morgan fingerprint density at radius 1 is 1.38 bits per heavy atom. The zero-order valence-electron chi connectivity index (χ0n) is 12.6. The molecule has 0 saturated heterocycles. The number of nitrogens with zero attached hydrogens (tertiary/aromatic N) is 2. The Balaban J connectivity index is 1.71. The molecule has 0 atom stereocenters. The van der Waals surface area contributed by atoms with Crippen molar-refractivity contribution in [2.45, 2.75) is 45.3 Å². The van der Waals surface area contributed by atoms with E-state index in [4.69, 9.17) is 4.42 Å². The summed E-state index contributed by atoms with van der Waals surface area (Å²) in [5.41, 5.74) is 2.35. The standard InChI is InChI=1S/C17H23N3O/c1-2-8-18-12-14-11-16(7-9-19-14)20(15-5-6-15)13-17-4-3-10-21-17/h3-4,7,9-11,15,18H,2,5-6,8,12-13H2,1H3. The van der Waals surface area contributed by atoms with Gasteiger partial charge in [-0.25, -0.2) is 0 Å². The van der Waals surface area contributed by atoms with Gasteiger partial charge >= 0.3 is 0 Å². The summed E-state index contributed by atoms with van der Waals surface area (Å²) >= 11 is 0. The largest absolute Gasteiger partial charge is 0.467 e. The highest BCUT2D eigenvalue weighted by atomic mass is 16.3. The number of furan rings is 1. The van der Waals surface area contributed by atoms with Crippen molar-refractivity contribution in [3.8, 4) is 0 Å². The number of hydrogen-bond acceptors (Lipinski definition) is 4. The van der Waals surface area contributed by atoms with Crippen molar-refractivity contribution in [3.63, 3.8) is 0 Å². The predicted molar refractivity (Wildman–Crippen MR) is 84.1 cm³/mol. The predicted octanol–water partition coefficient (Wildman–Crippen LogP) is 3.34. The van der Waals surface area contributed by atoms with Gasteiger partial charge in [-0.05, 0) is 50.1 Å². The summed E-state index contributed by atoms with van der Waals surface area (Å²) < 4.78 is 5.50. The minimum absolute atomic E-state index is 0.647. The van der Waals surface area contributed by atoms with Crippen LogP contribution in [-0.2, 0) is 13.1 Å². The molecule has 112 valence electrons. The second-order valence-corrected chi connectivity index (χ2v) is 5.62. The number of anilines is 1. The second-order valence-electron chi connectivity index (χ2n) is 5.62. The first-order valence-corrected chi connectivity index (χ1v) is 7.81. The van der Waals surface area contributed by atoms with Crippen molar-refractivity contribution in [1.29, 1.82) is 0 Å². The zero-order chi connectivity index (χ0) is 14.5. The van der Waals surface area contributed by atoms with Crippen LogP contribution in [0.15, 0.2) is 41.1 Å². The third kappa shape index (κ3) is 3.85. The van der Waals surface area contributed by atoms with Gasteiger partial charge in [-0.15, -0.1) is 0 Å². The number of hydrogen-bond donors (Lipinski definition) is 1. The first-order valence-electron chi connectivity index (χ1n) is 7.81. The molecule has 2 aromatic heterocycles. The molecule has 2 heterocycles. The lowest BCUT2D eigenvalue weighted by Crippen LogP contribution is -2.25. The van der Waals surface area contributed by atoms with Gasteiger partial charge in [-0.1, -0.05) is 6.92 Å². The summed E-state index contributed by atoms with van der Waals surface area (Å²) in [6.07, 6.45) is 7.34. The Labute approximate surface area is 126 Å². The topological polar surface area (TPSA) is 41.3 Å². The van der Waals surface area contributed by atoms with Gasteiger partial charge in [0.25, 0.3) is 0 Å². The van der Waals surface area contributed by atoms with Gasteiger partial charge in [0.1, 0.15) is 5.76 Å².